The van der Waals surface area contributed by atoms with Gasteiger partial charge in [0.25, 0.3) is 0 Å². The van der Waals surface area contributed by atoms with Crippen molar-refractivity contribution in [3.63, 3.8) is 0 Å². The fourth-order valence-electron chi connectivity index (χ4n) is 2.06. The van der Waals surface area contributed by atoms with Crippen molar-refractivity contribution >= 4 is 5.69 Å². The number of aliphatic hydroxyl groups is 1. The lowest BCUT2D eigenvalue weighted by atomic mass is 10.1. The molecule has 0 fully saturated rings. The van der Waals surface area contributed by atoms with E-state index < -0.39 is 6.10 Å². The first-order valence-electron chi connectivity index (χ1n) is 5.26. The van der Waals surface area contributed by atoms with Gasteiger partial charge < -0.3 is 14.7 Å². The van der Waals surface area contributed by atoms with Crippen molar-refractivity contribution in [3.8, 4) is 5.75 Å². The number of rotatable bonds is 2. The van der Waals surface area contributed by atoms with Crippen LogP contribution in [0.1, 0.15) is 25.5 Å². The second-order valence-electron chi connectivity index (χ2n) is 4.19. The van der Waals surface area contributed by atoms with Crippen LogP contribution in [0, 0.1) is 0 Å². The van der Waals surface area contributed by atoms with Crippen LogP contribution in [-0.2, 0) is 0 Å². The van der Waals surface area contributed by atoms with E-state index in [1.807, 2.05) is 18.2 Å². The summed E-state index contributed by atoms with van der Waals surface area (Å²) < 4.78 is 5.15. The number of hydrogen-bond donors (Lipinski definition) is 1. The molecule has 3 nitrogen and oxygen atoms in total. The molecule has 1 atom stereocenters. The van der Waals surface area contributed by atoms with Crippen molar-refractivity contribution in [1.29, 1.82) is 0 Å². The van der Waals surface area contributed by atoms with E-state index in [4.69, 9.17) is 4.74 Å². The van der Waals surface area contributed by atoms with Crippen LogP contribution in [0.4, 0.5) is 5.69 Å². The zero-order valence-electron chi connectivity index (χ0n) is 9.40. The van der Waals surface area contributed by atoms with Crippen LogP contribution in [0.25, 0.3) is 0 Å². The SMILES string of the molecule is COc1ccc2c(c1)C(O)CN2C(C)C. The molecule has 1 aliphatic heterocycles. The van der Waals surface area contributed by atoms with Gasteiger partial charge in [0.05, 0.1) is 13.2 Å². The predicted octanol–water partition coefficient (Wildman–Crippen LogP) is 1.96. The van der Waals surface area contributed by atoms with Gasteiger partial charge in [-0.3, -0.25) is 0 Å². The molecular weight excluding hydrogens is 190 g/mol. The lowest BCUT2D eigenvalue weighted by Crippen LogP contribution is -2.29. The molecule has 0 saturated heterocycles. The summed E-state index contributed by atoms with van der Waals surface area (Å²) in [4.78, 5) is 2.21. The Morgan fingerprint density at radius 2 is 2.20 bits per heavy atom. The normalized spacial score (nSPS) is 19.5. The quantitative estimate of drug-likeness (QED) is 0.804. The van der Waals surface area contributed by atoms with Gasteiger partial charge in [0.2, 0.25) is 0 Å². The molecular formula is C12H17NO2. The van der Waals surface area contributed by atoms with Crippen LogP contribution in [0.3, 0.4) is 0 Å². The highest BCUT2D eigenvalue weighted by Gasteiger charge is 2.28. The molecule has 1 aromatic carbocycles. The number of β-amino-alcohol motifs (C(OH)–C–C–N with tert-alkyl or cyclic N) is 1. The molecule has 2 rings (SSSR count). The molecule has 0 amide bonds. The van der Waals surface area contributed by atoms with Crippen LogP contribution in [-0.4, -0.2) is 24.8 Å². The first kappa shape index (κ1) is 10.3. The molecule has 0 bridgehead atoms. The van der Waals surface area contributed by atoms with Crippen molar-refractivity contribution in [2.45, 2.75) is 26.0 Å². The third-order valence-corrected chi connectivity index (χ3v) is 2.90. The predicted molar refractivity (Wildman–Crippen MR) is 60.4 cm³/mol. The van der Waals surface area contributed by atoms with Crippen LogP contribution in [0.5, 0.6) is 5.75 Å². The molecule has 0 radical (unpaired) electrons. The molecule has 1 N–H and O–H groups in total. The lowest BCUT2D eigenvalue weighted by molar-refractivity contribution is 0.192. The highest BCUT2D eigenvalue weighted by Crippen LogP contribution is 2.37. The number of aliphatic hydroxyl groups excluding tert-OH is 1. The van der Waals surface area contributed by atoms with E-state index in [0.717, 1.165) is 17.0 Å². The summed E-state index contributed by atoms with van der Waals surface area (Å²) in [6.45, 7) is 4.94. The second kappa shape index (κ2) is 3.74. The van der Waals surface area contributed by atoms with E-state index in [1.165, 1.54) is 0 Å². The molecule has 1 unspecified atom stereocenters. The fourth-order valence-corrected chi connectivity index (χ4v) is 2.06. The monoisotopic (exact) mass is 207 g/mol. The first-order chi connectivity index (χ1) is 7.13. The van der Waals surface area contributed by atoms with Gasteiger partial charge >= 0.3 is 0 Å². The third kappa shape index (κ3) is 1.67. The maximum Gasteiger partial charge on any atom is 0.119 e. The first-order valence-corrected chi connectivity index (χ1v) is 5.26. The van der Waals surface area contributed by atoms with Crippen molar-refractivity contribution in [1.82, 2.24) is 0 Å². The number of benzene rings is 1. The van der Waals surface area contributed by atoms with Crippen LogP contribution in [0.2, 0.25) is 0 Å². The van der Waals surface area contributed by atoms with Gasteiger partial charge in [-0.25, -0.2) is 0 Å². The molecule has 0 aliphatic carbocycles. The summed E-state index contributed by atoms with van der Waals surface area (Å²) in [6, 6.07) is 6.29. The summed E-state index contributed by atoms with van der Waals surface area (Å²) in [5.41, 5.74) is 2.10. The zero-order valence-corrected chi connectivity index (χ0v) is 9.40. The molecule has 0 aromatic heterocycles. The number of methoxy groups -OCH3 is 1. The minimum atomic E-state index is -0.391. The van der Waals surface area contributed by atoms with Gasteiger partial charge in [-0.2, -0.15) is 0 Å². The van der Waals surface area contributed by atoms with Crippen molar-refractivity contribution in [2.24, 2.45) is 0 Å². The number of fused-ring (bicyclic) bond motifs is 1. The molecule has 0 spiro atoms. The Balaban J connectivity index is 2.41. The Morgan fingerprint density at radius 3 is 2.80 bits per heavy atom. The second-order valence-corrected chi connectivity index (χ2v) is 4.19. The summed E-state index contributed by atoms with van der Waals surface area (Å²) in [5, 5.41) is 9.92. The third-order valence-electron chi connectivity index (χ3n) is 2.90. The number of ether oxygens (including phenoxy) is 1. The van der Waals surface area contributed by atoms with E-state index in [-0.39, 0.29) is 0 Å². The Kier molecular flexibility index (Phi) is 2.57. The van der Waals surface area contributed by atoms with Gasteiger partial charge in [0, 0.05) is 23.8 Å². The van der Waals surface area contributed by atoms with E-state index in [1.54, 1.807) is 7.11 Å². The lowest BCUT2D eigenvalue weighted by Gasteiger charge is -2.23. The molecule has 0 saturated carbocycles. The Morgan fingerprint density at radius 1 is 1.47 bits per heavy atom. The molecule has 15 heavy (non-hydrogen) atoms. The van der Waals surface area contributed by atoms with Gasteiger partial charge in [-0.1, -0.05) is 0 Å². The highest BCUT2D eigenvalue weighted by molar-refractivity contribution is 5.62. The Bertz CT molecular complexity index is 363. The smallest absolute Gasteiger partial charge is 0.119 e. The van der Waals surface area contributed by atoms with Crippen LogP contribution >= 0.6 is 0 Å². The minimum Gasteiger partial charge on any atom is -0.497 e. The van der Waals surface area contributed by atoms with Crippen molar-refractivity contribution in [3.05, 3.63) is 23.8 Å². The number of anilines is 1. The summed E-state index contributed by atoms with van der Waals surface area (Å²) in [7, 11) is 1.64. The average Bonchev–Trinajstić information content (AvgIpc) is 2.56. The molecule has 82 valence electrons. The van der Waals surface area contributed by atoms with Gasteiger partial charge in [-0.15, -0.1) is 0 Å². The Hall–Kier alpha value is -1.22. The Labute approximate surface area is 90.3 Å². The summed E-state index contributed by atoms with van der Waals surface area (Å²) >= 11 is 0. The van der Waals surface area contributed by atoms with Crippen molar-refractivity contribution < 1.29 is 9.84 Å². The van der Waals surface area contributed by atoms with Crippen molar-refractivity contribution in [2.75, 3.05) is 18.6 Å². The van der Waals surface area contributed by atoms with E-state index in [9.17, 15) is 5.11 Å². The van der Waals surface area contributed by atoms with Gasteiger partial charge in [0.15, 0.2) is 0 Å². The standard InChI is InChI=1S/C12H17NO2/c1-8(2)13-7-12(14)10-6-9(15-3)4-5-11(10)13/h4-6,8,12,14H,7H2,1-3H3. The molecule has 3 heteroatoms. The summed E-state index contributed by atoms with van der Waals surface area (Å²) in [6.07, 6.45) is -0.391. The zero-order chi connectivity index (χ0) is 11.0. The van der Waals surface area contributed by atoms with Crippen LogP contribution < -0.4 is 9.64 Å². The topological polar surface area (TPSA) is 32.7 Å². The average molecular weight is 207 g/mol. The molecule has 1 heterocycles. The maximum atomic E-state index is 9.92. The fraction of sp³-hybridized carbons (Fsp3) is 0.500. The highest BCUT2D eigenvalue weighted by atomic mass is 16.5. The van der Waals surface area contributed by atoms with Gasteiger partial charge in [-0.05, 0) is 32.0 Å². The molecule has 1 aromatic rings. The minimum absolute atomic E-state index is 0.391. The maximum absolute atomic E-state index is 9.92. The van der Waals surface area contributed by atoms with E-state index >= 15 is 0 Å². The van der Waals surface area contributed by atoms with E-state index in [0.29, 0.717) is 12.6 Å². The summed E-state index contributed by atoms with van der Waals surface area (Å²) in [5.74, 6) is 0.804. The number of nitrogens with zero attached hydrogens (tertiary/aromatic N) is 1. The largest absolute Gasteiger partial charge is 0.497 e. The van der Waals surface area contributed by atoms with Gasteiger partial charge in [0.1, 0.15) is 5.75 Å². The molecule has 1 aliphatic rings. The van der Waals surface area contributed by atoms with Crippen LogP contribution in [0.15, 0.2) is 18.2 Å². The van der Waals surface area contributed by atoms with E-state index in [2.05, 4.69) is 18.7 Å². The number of hydrogen-bond acceptors (Lipinski definition) is 3.